The third kappa shape index (κ3) is 4.67. The van der Waals surface area contributed by atoms with Crippen molar-refractivity contribution in [1.82, 2.24) is 14.1 Å². The Morgan fingerprint density at radius 3 is 2.45 bits per heavy atom. The van der Waals surface area contributed by atoms with Gasteiger partial charge in [0.15, 0.2) is 0 Å². The molecule has 1 N–H and O–H groups in total. The van der Waals surface area contributed by atoms with Gasteiger partial charge in [-0.25, -0.2) is 8.42 Å². The number of para-hydroxylation sites is 1. The Bertz CT molecular complexity index is 1250. The molecule has 0 spiro atoms. The summed E-state index contributed by atoms with van der Waals surface area (Å²) >= 11 is 0. The van der Waals surface area contributed by atoms with Gasteiger partial charge in [-0.1, -0.05) is 18.6 Å². The van der Waals surface area contributed by atoms with Gasteiger partial charge in [0.25, 0.3) is 0 Å². The third-order valence-electron chi connectivity index (χ3n) is 5.40. The van der Waals surface area contributed by atoms with Gasteiger partial charge in [-0.05, 0) is 49.2 Å². The van der Waals surface area contributed by atoms with E-state index < -0.39 is 10.0 Å². The minimum Gasteiger partial charge on any atom is -0.326 e. The number of hydrogen-bond donors (Lipinski definition) is 1. The lowest BCUT2D eigenvalue weighted by Gasteiger charge is -2.25. The first-order chi connectivity index (χ1) is 14.9. The number of fused-ring (bicyclic) bond motifs is 1. The first-order valence-electron chi connectivity index (χ1n) is 10.3. The van der Waals surface area contributed by atoms with Gasteiger partial charge in [0, 0.05) is 30.6 Å². The molecule has 1 saturated heterocycles. The predicted octanol–water partition coefficient (Wildman–Crippen LogP) is 2.60. The number of sulfonamides is 1. The van der Waals surface area contributed by atoms with Crippen LogP contribution in [0.2, 0.25) is 0 Å². The predicted molar refractivity (Wildman–Crippen MR) is 118 cm³/mol. The van der Waals surface area contributed by atoms with Crippen LogP contribution in [0.3, 0.4) is 0 Å². The van der Waals surface area contributed by atoms with Crippen LogP contribution in [0.4, 0.5) is 5.69 Å². The molecule has 2 aromatic carbocycles. The number of benzene rings is 2. The highest BCUT2D eigenvalue weighted by molar-refractivity contribution is 7.89. The first kappa shape index (κ1) is 21.2. The second kappa shape index (κ2) is 8.99. The van der Waals surface area contributed by atoms with E-state index in [2.05, 4.69) is 10.4 Å². The minimum atomic E-state index is -3.49. The minimum absolute atomic E-state index is 0.157. The molecule has 162 valence electrons. The zero-order valence-electron chi connectivity index (χ0n) is 17.0. The second-order valence-electron chi connectivity index (χ2n) is 7.54. The topological polar surface area (TPSA) is 101 Å². The summed E-state index contributed by atoms with van der Waals surface area (Å²) in [6, 6.07) is 13.4. The molecule has 1 aliphatic heterocycles. The van der Waals surface area contributed by atoms with E-state index in [-0.39, 0.29) is 22.7 Å². The third-order valence-corrected chi connectivity index (χ3v) is 7.32. The van der Waals surface area contributed by atoms with Crippen molar-refractivity contribution < 1.29 is 13.2 Å². The van der Waals surface area contributed by atoms with Crippen molar-refractivity contribution in [2.24, 2.45) is 0 Å². The molecule has 0 unspecified atom stereocenters. The average Bonchev–Trinajstić information content (AvgIpc) is 2.80. The van der Waals surface area contributed by atoms with Crippen molar-refractivity contribution in [3.8, 4) is 0 Å². The Kier molecular flexibility index (Phi) is 6.15. The molecule has 1 aromatic heterocycles. The summed E-state index contributed by atoms with van der Waals surface area (Å²) < 4.78 is 28.6. The number of piperidine rings is 1. The first-order valence-corrected chi connectivity index (χ1v) is 11.7. The van der Waals surface area contributed by atoms with Gasteiger partial charge in [-0.3, -0.25) is 14.3 Å². The van der Waals surface area contributed by atoms with E-state index in [0.29, 0.717) is 36.2 Å². The molecule has 2 heterocycles. The molecular formula is C22H24N4O4S. The maximum absolute atomic E-state index is 12.7. The molecular weight excluding hydrogens is 416 g/mol. The molecule has 1 amide bonds. The summed E-state index contributed by atoms with van der Waals surface area (Å²) in [5.74, 6) is -0.226. The molecule has 1 aliphatic rings. The van der Waals surface area contributed by atoms with Gasteiger partial charge in [-0.15, -0.1) is 0 Å². The largest absolute Gasteiger partial charge is 0.326 e. The SMILES string of the molecule is O=C(CCn1ncc(=O)c2ccccc21)Nc1ccc(S(=O)(=O)N2CCCCC2)cc1. The zero-order valence-corrected chi connectivity index (χ0v) is 17.8. The Balaban J connectivity index is 1.39. The number of amides is 1. The van der Waals surface area contributed by atoms with E-state index >= 15 is 0 Å². The van der Waals surface area contributed by atoms with Crippen LogP contribution in [0.25, 0.3) is 10.9 Å². The molecule has 0 saturated carbocycles. The van der Waals surface area contributed by atoms with E-state index in [1.807, 2.05) is 6.07 Å². The molecule has 31 heavy (non-hydrogen) atoms. The van der Waals surface area contributed by atoms with Crippen molar-refractivity contribution >= 4 is 32.5 Å². The fraction of sp³-hybridized carbons (Fsp3) is 0.318. The molecule has 0 radical (unpaired) electrons. The van der Waals surface area contributed by atoms with Crippen molar-refractivity contribution in [2.45, 2.75) is 37.1 Å². The number of nitrogens with one attached hydrogen (secondary N) is 1. The Morgan fingerprint density at radius 1 is 1.00 bits per heavy atom. The van der Waals surface area contributed by atoms with Crippen LogP contribution in [-0.4, -0.2) is 41.5 Å². The Labute approximate surface area is 180 Å². The highest BCUT2D eigenvalue weighted by Crippen LogP contribution is 2.22. The molecule has 9 heteroatoms. The molecule has 0 aliphatic carbocycles. The second-order valence-corrected chi connectivity index (χ2v) is 9.47. The molecule has 4 rings (SSSR count). The van der Waals surface area contributed by atoms with Crippen LogP contribution in [0.5, 0.6) is 0 Å². The van der Waals surface area contributed by atoms with Gasteiger partial charge in [0.1, 0.15) is 0 Å². The normalized spacial score (nSPS) is 15.1. The Morgan fingerprint density at radius 2 is 1.71 bits per heavy atom. The van der Waals surface area contributed by atoms with Crippen LogP contribution < -0.4 is 10.7 Å². The maximum atomic E-state index is 12.7. The standard InChI is InChI=1S/C22H24N4O4S/c27-21-16-23-26(20-7-3-2-6-19(20)21)15-12-22(28)24-17-8-10-18(11-9-17)31(29,30)25-13-4-1-5-14-25/h2-3,6-11,16H,1,4-5,12-15H2,(H,24,28). The highest BCUT2D eigenvalue weighted by atomic mass is 32.2. The molecule has 8 nitrogen and oxygen atoms in total. The van der Waals surface area contributed by atoms with Crippen molar-refractivity contribution in [3.63, 3.8) is 0 Å². The summed E-state index contributed by atoms with van der Waals surface area (Å²) in [7, 11) is -3.49. The number of anilines is 1. The lowest BCUT2D eigenvalue weighted by atomic mass is 10.2. The van der Waals surface area contributed by atoms with Gasteiger partial charge >= 0.3 is 0 Å². The summed E-state index contributed by atoms with van der Waals surface area (Å²) in [6.07, 6.45) is 4.23. The Hall–Kier alpha value is -3.04. The summed E-state index contributed by atoms with van der Waals surface area (Å²) in [6.45, 7) is 1.41. The van der Waals surface area contributed by atoms with E-state index in [0.717, 1.165) is 19.3 Å². The molecule has 3 aromatic rings. The van der Waals surface area contributed by atoms with Crippen molar-refractivity contribution in [2.75, 3.05) is 18.4 Å². The lowest BCUT2D eigenvalue weighted by molar-refractivity contribution is -0.116. The van der Waals surface area contributed by atoms with Crippen LogP contribution in [0, 0.1) is 0 Å². The van der Waals surface area contributed by atoms with E-state index in [1.54, 1.807) is 35.0 Å². The van der Waals surface area contributed by atoms with Crippen LogP contribution in [-0.2, 0) is 21.4 Å². The van der Waals surface area contributed by atoms with Gasteiger partial charge in [-0.2, -0.15) is 9.40 Å². The number of rotatable bonds is 6. The number of aromatic nitrogens is 2. The summed E-state index contributed by atoms with van der Waals surface area (Å²) in [5, 5.41) is 7.46. The monoisotopic (exact) mass is 440 g/mol. The van der Waals surface area contributed by atoms with Crippen LogP contribution >= 0.6 is 0 Å². The highest BCUT2D eigenvalue weighted by Gasteiger charge is 2.25. The van der Waals surface area contributed by atoms with E-state index in [1.165, 1.54) is 22.6 Å². The van der Waals surface area contributed by atoms with E-state index in [9.17, 15) is 18.0 Å². The van der Waals surface area contributed by atoms with Crippen LogP contribution in [0.15, 0.2) is 64.4 Å². The number of aryl methyl sites for hydroxylation is 1. The average molecular weight is 441 g/mol. The summed E-state index contributed by atoms with van der Waals surface area (Å²) in [5.41, 5.74) is 1.05. The number of nitrogens with zero attached hydrogens (tertiary/aromatic N) is 3. The lowest BCUT2D eigenvalue weighted by Crippen LogP contribution is -2.35. The number of carbonyl (C=O) groups excluding carboxylic acids is 1. The summed E-state index contributed by atoms with van der Waals surface area (Å²) in [4.78, 5) is 24.5. The van der Waals surface area contributed by atoms with E-state index in [4.69, 9.17) is 0 Å². The van der Waals surface area contributed by atoms with Crippen molar-refractivity contribution in [1.29, 1.82) is 0 Å². The maximum Gasteiger partial charge on any atom is 0.243 e. The quantitative estimate of drug-likeness (QED) is 0.635. The fourth-order valence-electron chi connectivity index (χ4n) is 3.73. The van der Waals surface area contributed by atoms with Gasteiger partial charge in [0.05, 0.1) is 23.2 Å². The smallest absolute Gasteiger partial charge is 0.243 e. The number of hydrogen-bond acceptors (Lipinski definition) is 5. The zero-order chi connectivity index (χ0) is 21.8. The van der Waals surface area contributed by atoms with Crippen molar-refractivity contribution in [3.05, 3.63) is 65.0 Å². The van der Waals surface area contributed by atoms with Gasteiger partial charge < -0.3 is 5.32 Å². The molecule has 0 atom stereocenters. The van der Waals surface area contributed by atoms with Crippen LogP contribution in [0.1, 0.15) is 25.7 Å². The molecule has 1 fully saturated rings. The van der Waals surface area contributed by atoms with Gasteiger partial charge in [0.2, 0.25) is 21.4 Å². The number of carbonyl (C=O) groups is 1. The molecule has 0 bridgehead atoms. The fourth-order valence-corrected chi connectivity index (χ4v) is 5.25.